The van der Waals surface area contributed by atoms with Crippen LogP contribution in [0.4, 0.5) is 5.82 Å². The zero-order chi connectivity index (χ0) is 30.6. The maximum Gasteiger partial charge on any atom is 0.342 e. The third kappa shape index (κ3) is 6.73. The van der Waals surface area contributed by atoms with E-state index >= 15 is 0 Å². The van der Waals surface area contributed by atoms with Crippen LogP contribution >= 0.6 is 0 Å². The molecule has 1 fully saturated rings. The normalized spacial score (nSPS) is 17.4. The lowest BCUT2D eigenvalue weighted by molar-refractivity contribution is -0.132. The van der Waals surface area contributed by atoms with Gasteiger partial charge in [0.1, 0.15) is 23.7 Å². The smallest absolute Gasteiger partial charge is 0.342 e. The first-order chi connectivity index (χ1) is 20.7. The Labute approximate surface area is 253 Å². The third-order valence-corrected chi connectivity index (χ3v) is 8.27. The summed E-state index contributed by atoms with van der Waals surface area (Å²) >= 11 is 0. The second-order valence-corrected chi connectivity index (χ2v) is 11.8. The Bertz CT molecular complexity index is 1530. The van der Waals surface area contributed by atoms with Gasteiger partial charge in [-0.1, -0.05) is 50.2 Å². The first-order valence-corrected chi connectivity index (χ1v) is 14.6. The first kappa shape index (κ1) is 30.3. The van der Waals surface area contributed by atoms with Gasteiger partial charge in [-0.3, -0.25) is 4.90 Å². The molecule has 226 valence electrons. The molecule has 2 aliphatic heterocycles. The number of aliphatic carboxylic acids is 1. The lowest BCUT2D eigenvalue weighted by Crippen LogP contribution is -2.48. The fraction of sp³-hybridized carbons (Fsp3) is 0.382. The minimum absolute atomic E-state index is 0.0286. The Morgan fingerprint density at radius 1 is 1.19 bits per heavy atom. The average molecular weight is 585 g/mol. The van der Waals surface area contributed by atoms with Crippen LogP contribution in [0, 0.1) is 12.3 Å². The number of hydrogen-bond acceptors (Lipinski definition) is 8. The summed E-state index contributed by atoms with van der Waals surface area (Å²) in [5, 5.41) is 19.7. The van der Waals surface area contributed by atoms with E-state index in [1.165, 1.54) is 18.2 Å². The summed E-state index contributed by atoms with van der Waals surface area (Å²) in [6.45, 7) is 10.8. The van der Waals surface area contributed by atoms with Gasteiger partial charge in [0.05, 0.1) is 12.8 Å². The summed E-state index contributed by atoms with van der Waals surface area (Å²) < 4.78 is 17.3. The highest BCUT2D eigenvalue weighted by atomic mass is 16.5. The summed E-state index contributed by atoms with van der Waals surface area (Å²) in [6.07, 6.45) is 2.93. The van der Waals surface area contributed by atoms with Crippen LogP contribution in [0.25, 0.3) is 11.3 Å². The zero-order valence-corrected chi connectivity index (χ0v) is 25.3. The van der Waals surface area contributed by atoms with Crippen molar-refractivity contribution in [2.24, 2.45) is 0 Å². The Morgan fingerprint density at radius 2 is 1.95 bits per heavy atom. The molecule has 0 bridgehead atoms. The van der Waals surface area contributed by atoms with Crippen LogP contribution < -0.4 is 10.1 Å². The standard InChI is InChI=1S/C34H40N4O5/c1-22-7-5-8-26(29-9-6-10-30(36-29)37-32(41-4)27(18-35)33(39)40)31(22)43-20-23-11-12-24-19-38(25-13-15-42-16-14-25)21-34(2,3)28(24)17-23/h5-12,17-18,25,35H,13-16,19-21H2,1-4H3,(H,36,37)(H,39,40)/b32-27-,35-18?. The van der Waals surface area contributed by atoms with Gasteiger partial charge in [-0.05, 0) is 60.2 Å². The monoisotopic (exact) mass is 584 g/mol. The lowest BCUT2D eigenvalue weighted by atomic mass is 9.77. The third-order valence-electron chi connectivity index (χ3n) is 8.27. The van der Waals surface area contributed by atoms with Gasteiger partial charge in [-0.25, -0.2) is 9.78 Å². The van der Waals surface area contributed by atoms with Crippen LogP contribution in [0.15, 0.2) is 66.1 Å². The van der Waals surface area contributed by atoms with Gasteiger partial charge in [-0.15, -0.1) is 0 Å². The van der Waals surface area contributed by atoms with Gasteiger partial charge in [0.15, 0.2) is 0 Å². The summed E-state index contributed by atoms with van der Waals surface area (Å²) in [4.78, 5) is 18.8. The second kappa shape index (κ2) is 13.0. The van der Waals surface area contributed by atoms with Crippen molar-refractivity contribution in [3.05, 3.63) is 88.3 Å². The summed E-state index contributed by atoms with van der Waals surface area (Å²) in [7, 11) is 1.34. The van der Waals surface area contributed by atoms with Crippen molar-refractivity contribution in [3.63, 3.8) is 0 Å². The molecule has 3 N–H and O–H groups in total. The molecule has 9 heteroatoms. The van der Waals surface area contributed by atoms with E-state index in [1.807, 2.05) is 37.3 Å². The number of para-hydroxylation sites is 1. The molecular formula is C34H40N4O5. The van der Waals surface area contributed by atoms with Gasteiger partial charge < -0.3 is 30.0 Å². The van der Waals surface area contributed by atoms with Gasteiger partial charge in [0.2, 0.25) is 5.88 Å². The number of nitrogens with zero attached hydrogens (tertiary/aromatic N) is 2. The van der Waals surface area contributed by atoms with Crippen LogP contribution in [0.5, 0.6) is 5.75 Å². The molecule has 0 unspecified atom stereocenters. The van der Waals surface area contributed by atoms with E-state index in [-0.39, 0.29) is 16.9 Å². The quantitative estimate of drug-likeness (QED) is 0.153. The van der Waals surface area contributed by atoms with Gasteiger partial charge in [0, 0.05) is 49.5 Å². The molecule has 3 heterocycles. The molecule has 1 saturated heterocycles. The molecule has 2 aromatic carbocycles. The van der Waals surface area contributed by atoms with Crippen LogP contribution in [-0.2, 0) is 32.8 Å². The van der Waals surface area contributed by atoms with Crippen molar-refractivity contribution >= 4 is 18.0 Å². The van der Waals surface area contributed by atoms with Gasteiger partial charge in [-0.2, -0.15) is 0 Å². The Kier molecular flexibility index (Phi) is 9.13. The fourth-order valence-corrected chi connectivity index (χ4v) is 6.08. The van der Waals surface area contributed by atoms with Crippen molar-refractivity contribution < 1.29 is 24.1 Å². The predicted octanol–water partition coefficient (Wildman–Crippen LogP) is 5.91. The number of carbonyl (C=O) groups is 1. The number of rotatable bonds is 10. The van der Waals surface area contributed by atoms with Crippen molar-refractivity contribution in [1.82, 2.24) is 9.88 Å². The molecule has 9 nitrogen and oxygen atoms in total. The minimum Gasteiger partial charge on any atom is -0.488 e. The van der Waals surface area contributed by atoms with E-state index in [9.17, 15) is 9.90 Å². The number of pyridine rings is 1. The molecule has 0 atom stereocenters. The number of fused-ring (bicyclic) bond motifs is 1. The fourth-order valence-electron chi connectivity index (χ4n) is 6.08. The van der Waals surface area contributed by atoms with Crippen molar-refractivity contribution in [3.8, 4) is 17.0 Å². The molecule has 0 aliphatic carbocycles. The number of nitrogens with one attached hydrogen (secondary N) is 2. The molecule has 0 saturated carbocycles. The molecule has 2 aliphatic rings. The second-order valence-electron chi connectivity index (χ2n) is 11.8. The highest BCUT2D eigenvalue weighted by Gasteiger charge is 2.35. The molecule has 0 amide bonds. The predicted molar refractivity (Wildman–Crippen MR) is 167 cm³/mol. The Hall–Kier alpha value is -4.21. The average Bonchev–Trinajstić information content (AvgIpc) is 3.00. The van der Waals surface area contributed by atoms with E-state index in [1.54, 1.807) is 6.07 Å². The number of carboxylic acids is 1. The number of aryl methyl sites for hydroxylation is 1. The van der Waals surface area contributed by atoms with E-state index < -0.39 is 5.97 Å². The Balaban J connectivity index is 1.36. The number of benzene rings is 2. The van der Waals surface area contributed by atoms with E-state index in [0.29, 0.717) is 24.2 Å². The first-order valence-electron chi connectivity index (χ1n) is 14.6. The summed E-state index contributed by atoms with van der Waals surface area (Å²) in [6, 6.07) is 18.7. The van der Waals surface area contributed by atoms with Crippen molar-refractivity contribution in [2.45, 2.75) is 58.2 Å². The molecular weight excluding hydrogens is 544 g/mol. The molecule has 0 spiro atoms. The number of methoxy groups -OCH3 is 1. The number of aromatic nitrogens is 1. The van der Waals surface area contributed by atoms with Crippen LogP contribution in [-0.4, -0.2) is 60.1 Å². The lowest BCUT2D eigenvalue weighted by Gasteiger charge is -2.44. The summed E-state index contributed by atoms with van der Waals surface area (Å²) in [5.74, 6) is -0.219. The largest absolute Gasteiger partial charge is 0.488 e. The summed E-state index contributed by atoms with van der Waals surface area (Å²) in [5.41, 5.74) is 6.07. The maximum atomic E-state index is 11.5. The molecule has 0 radical (unpaired) electrons. The molecule has 3 aromatic rings. The molecule has 43 heavy (non-hydrogen) atoms. The maximum absolute atomic E-state index is 11.5. The van der Waals surface area contributed by atoms with E-state index in [4.69, 9.17) is 24.6 Å². The van der Waals surface area contributed by atoms with Gasteiger partial charge in [0.25, 0.3) is 0 Å². The van der Waals surface area contributed by atoms with Crippen LogP contribution in [0.2, 0.25) is 0 Å². The highest BCUT2D eigenvalue weighted by molar-refractivity contribution is 6.08. The zero-order valence-electron chi connectivity index (χ0n) is 25.3. The number of hydrogen-bond donors (Lipinski definition) is 3. The van der Waals surface area contributed by atoms with Crippen molar-refractivity contribution in [1.29, 1.82) is 5.41 Å². The van der Waals surface area contributed by atoms with Crippen LogP contribution in [0.3, 0.4) is 0 Å². The SMILES string of the molecule is CO/C(Nc1cccc(-c2cccc(C)c2OCc2ccc3c(c2)C(C)(C)CN(C2CCOCC2)C3)n1)=C(/C=N)C(=O)O. The number of anilines is 1. The number of carboxylic acid groups (broad SMARTS) is 1. The van der Waals surface area contributed by atoms with Crippen LogP contribution in [0.1, 0.15) is 48.9 Å². The topological polar surface area (TPSA) is 117 Å². The number of ether oxygens (including phenoxy) is 3. The van der Waals surface area contributed by atoms with Crippen molar-refractivity contribution in [2.75, 3.05) is 32.2 Å². The molecule has 5 rings (SSSR count). The minimum atomic E-state index is -1.27. The highest BCUT2D eigenvalue weighted by Crippen LogP contribution is 2.37. The van der Waals surface area contributed by atoms with E-state index in [0.717, 1.165) is 67.8 Å². The van der Waals surface area contributed by atoms with E-state index in [2.05, 4.69) is 42.3 Å². The van der Waals surface area contributed by atoms with Gasteiger partial charge >= 0.3 is 5.97 Å². The molecule has 1 aromatic heterocycles. The Morgan fingerprint density at radius 3 is 2.67 bits per heavy atom.